The van der Waals surface area contributed by atoms with Gasteiger partial charge in [-0.3, -0.25) is 14.9 Å². The maximum Gasteiger partial charge on any atom is 0.285 e. The van der Waals surface area contributed by atoms with E-state index in [1.165, 1.54) is 37.3 Å². The van der Waals surface area contributed by atoms with E-state index in [9.17, 15) is 14.9 Å². The van der Waals surface area contributed by atoms with Crippen LogP contribution in [0.5, 0.6) is 5.75 Å². The second-order valence-corrected chi connectivity index (χ2v) is 7.46. The third kappa shape index (κ3) is 4.08. The van der Waals surface area contributed by atoms with Crippen molar-refractivity contribution in [3.8, 4) is 22.7 Å². The first-order valence-electron chi connectivity index (χ1n) is 9.41. The van der Waals surface area contributed by atoms with E-state index < -0.39 is 10.8 Å². The summed E-state index contributed by atoms with van der Waals surface area (Å²) >= 11 is 1.33. The Morgan fingerprint density at radius 1 is 1.22 bits per heavy atom. The highest BCUT2D eigenvalue weighted by Gasteiger charge is 2.25. The van der Waals surface area contributed by atoms with Crippen molar-refractivity contribution >= 4 is 29.2 Å². The van der Waals surface area contributed by atoms with Crippen molar-refractivity contribution in [1.29, 1.82) is 0 Å². The Hall–Kier alpha value is -4.05. The minimum absolute atomic E-state index is 0.0779. The lowest BCUT2D eigenvalue weighted by Crippen LogP contribution is -2.17. The van der Waals surface area contributed by atoms with Crippen LogP contribution in [0.4, 0.5) is 11.5 Å². The first-order chi connectivity index (χ1) is 15.5. The van der Waals surface area contributed by atoms with E-state index in [1.807, 2.05) is 30.3 Å². The number of nitro benzene ring substituents is 1. The minimum Gasteiger partial charge on any atom is -0.495 e. The van der Waals surface area contributed by atoms with Crippen LogP contribution >= 0.6 is 11.8 Å². The molecular weight excluding hydrogens is 432 g/mol. The molecule has 0 atom stereocenters. The molecule has 0 spiro atoms. The molecule has 0 radical (unpaired) electrons. The molecule has 162 valence electrons. The number of nitro groups is 1. The molecule has 2 heterocycles. The Bertz CT molecular complexity index is 1270. The molecule has 0 aliphatic rings. The number of amides is 1. The van der Waals surface area contributed by atoms with Crippen LogP contribution in [0.3, 0.4) is 0 Å². The summed E-state index contributed by atoms with van der Waals surface area (Å²) < 4.78 is 11.9. The average molecular weight is 450 g/mol. The number of hydrogen-bond acceptors (Lipinski definition) is 7. The molecular formula is C22H18N4O5S. The monoisotopic (exact) mass is 450 g/mol. The molecule has 9 nitrogen and oxygen atoms in total. The number of rotatable bonds is 7. The number of anilines is 1. The first-order valence-corrected chi connectivity index (χ1v) is 10.6. The van der Waals surface area contributed by atoms with Gasteiger partial charge in [-0.25, -0.2) is 4.68 Å². The molecule has 0 aliphatic heterocycles. The standard InChI is InChI=1S/C22H18N4O5S/c1-30-19-12-18(26(28)29)16(10-20(19)32-2)22(27)23-21-11-17(14-8-9-31-13-14)24-25(21)15-6-4-3-5-7-15/h3-13H,1-2H3,(H,23,27). The molecule has 0 saturated carbocycles. The zero-order valence-corrected chi connectivity index (χ0v) is 18.0. The number of carbonyl (C=O) groups is 1. The third-order valence-electron chi connectivity index (χ3n) is 4.71. The van der Waals surface area contributed by atoms with Gasteiger partial charge in [0.15, 0.2) is 0 Å². The smallest absolute Gasteiger partial charge is 0.285 e. The number of benzene rings is 2. The largest absolute Gasteiger partial charge is 0.495 e. The molecule has 4 aromatic rings. The van der Waals surface area contributed by atoms with E-state index in [2.05, 4.69) is 10.4 Å². The molecule has 2 aromatic carbocycles. The lowest BCUT2D eigenvalue weighted by Gasteiger charge is -2.11. The minimum atomic E-state index is -0.634. The lowest BCUT2D eigenvalue weighted by atomic mass is 10.1. The van der Waals surface area contributed by atoms with Crippen LogP contribution in [0.1, 0.15) is 10.4 Å². The Kier molecular flexibility index (Phi) is 5.95. The van der Waals surface area contributed by atoms with Crippen molar-refractivity contribution in [1.82, 2.24) is 9.78 Å². The number of hydrogen-bond donors (Lipinski definition) is 1. The summed E-state index contributed by atoms with van der Waals surface area (Å²) in [6.07, 6.45) is 4.87. The van der Waals surface area contributed by atoms with Gasteiger partial charge in [-0.05, 0) is 30.5 Å². The maximum atomic E-state index is 13.2. The van der Waals surface area contributed by atoms with Gasteiger partial charge in [-0.2, -0.15) is 5.10 Å². The van der Waals surface area contributed by atoms with Crippen LogP contribution in [-0.4, -0.2) is 34.0 Å². The molecule has 0 unspecified atom stereocenters. The van der Waals surface area contributed by atoms with Gasteiger partial charge in [-0.1, -0.05) is 18.2 Å². The van der Waals surface area contributed by atoms with Gasteiger partial charge < -0.3 is 14.5 Å². The third-order valence-corrected chi connectivity index (χ3v) is 5.47. The number of thioether (sulfide) groups is 1. The van der Waals surface area contributed by atoms with Gasteiger partial charge in [0, 0.05) is 11.6 Å². The zero-order chi connectivity index (χ0) is 22.7. The number of para-hydroxylation sites is 1. The van der Waals surface area contributed by atoms with Crippen molar-refractivity contribution in [2.24, 2.45) is 0 Å². The fourth-order valence-electron chi connectivity index (χ4n) is 3.17. The summed E-state index contributed by atoms with van der Waals surface area (Å²) in [6, 6.07) is 15.4. The van der Waals surface area contributed by atoms with Crippen LogP contribution < -0.4 is 10.1 Å². The number of carbonyl (C=O) groups excluding carboxylic acids is 1. The number of nitrogens with zero attached hydrogens (tertiary/aromatic N) is 3. The van der Waals surface area contributed by atoms with Crippen LogP contribution in [-0.2, 0) is 0 Å². The quantitative estimate of drug-likeness (QED) is 0.239. The number of aromatic nitrogens is 2. The second-order valence-electron chi connectivity index (χ2n) is 6.61. The summed E-state index contributed by atoms with van der Waals surface area (Å²) in [7, 11) is 1.42. The Labute approximate surface area is 187 Å². The molecule has 1 N–H and O–H groups in total. The molecule has 1 amide bonds. The molecule has 0 bridgehead atoms. The molecule has 0 fully saturated rings. The highest BCUT2D eigenvalue weighted by Crippen LogP contribution is 2.35. The molecule has 0 aliphatic carbocycles. The summed E-state index contributed by atoms with van der Waals surface area (Å²) in [5.41, 5.74) is 1.59. The van der Waals surface area contributed by atoms with Crippen LogP contribution in [0.15, 0.2) is 76.4 Å². The predicted molar refractivity (Wildman–Crippen MR) is 121 cm³/mol. The normalized spacial score (nSPS) is 10.7. The van der Waals surface area contributed by atoms with Crippen molar-refractivity contribution in [2.45, 2.75) is 4.90 Å². The van der Waals surface area contributed by atoms with Gasteiger partial charge in [0.1, 0.15) is 17.1 Å². The topological polar surface area (TPSA) is 112 Å². The number of nitrogens with one attached hydrogen (secondary N) is 1. The second kappa shape index (κ2) is 8.98. The van der Waals surface area contributed by atoms with E-state index in [1.54, 1.807) is 29.3 Å². The van der Waals surface area contributed by atoms with Crippen molar-refractivity contribution in [2.75, 3.05) is 18.7 Å². The average Bonchev–Trinajstić information content (AvgIpc) is 3.48. The fourth-order valence-corrected chi connectivity index (χ4v) is 3.75. The molecule has 0 saturated heterocycles. The predicted octanol–water partition coefficient (Wildman–Crippen LogP) is 5.02. The number of furan rings is 1. The summed E-state index contributed by atoms with van der Waals surface area (Å²) in [5.74, 6) is 0.0519. The number of methoxy groups -OCH3 is 1. The van der Waals surface area contributed by atoms with Crippen LogP contribution in [0.25, 0.3) is 16.9 Å². The summed E-state index contributed by atoms with van der Waals surface area (Å²) in [4.78, 5) is 24.8. The summed E-state index contributed by atoms with van der Waals surface area (Å²) in [5, 5.41) is 19.0. The molecule has 10 heteroatoms. The Balaban J connectivity index is 1.77. The van der Waals surface area contributed by atoms with Gasteiger partial charge in [0.25, 0.3) is 11.6 Å². The van der Waals surface area contributed by atoms with Crippen molar-refractivity contribution in [3.63, 3.8) is 0 Å². The molecule has 4 rings (SSSR count). The fraction of sp³-hybridized carbons (Fsp3) is 0.0909. The van der Waals surface area contributed by atoms with Gasteiger partial charge in [0.2, 0.25) is 0 Å². The highest BCUT2D eigenvalue weighted by molar-refractivity contribution is 7.98. The van der Waals surface area contributed by atoms with Crippen molar-refractivity contribution < 1.29 is 18.9 Å². The SMILES string of the molecule is COc1cc([N+](=O)[O-])c(C(=O)Nc2cc(-c3ccoc3)nn2-c2ccccc2)cc1SC. The van der Waals surface area contributed by atoms with Crippen LogP contribution in [0.2, 0.25) is 0 Å². The van der Waals surface area contributed by atoms with E-state index in [0.717, 1.165) is 5.56 Å². The lowest BCUT2D eigenvalue weighted by molar-refractivity contribution is -0.385. The molecule has 2 aromatic heterocycles. The Morgan fingerprint density at radius 2 is 2.00 bits per heavy atom. The van der Waals surface area contributed by atoms with Gasteiger partial charge in [0.05, 0.1) is 46.9 Å². The van der Waals surface area contributed by atoms with E-state index in [4.69, 9.17) is 9.15 Å². The maximum absolute atomic E-state index is 13.2. The van der Waals surface area contributed by atoms with E-state index in [0.29, 0.717) is 27.8 Å². The van der Waals surface area contributed by atoms with E-state index >= 15 is 0 Å². The van der Waals surface area contributed by atoms with Crippen LogP contribution in [0, 0.1) is 10.1 Å². The zero-order valence-electron chi connectivity index (χ0n) is 17.1. The Morgan fingerprint density at radius 3 is 2.62 bits per heavy atom. The summed E-state index contributed by atoms with van der Waals surface area (Å²) in [6.45, 7) is 0. The van der Waals surface area contributed by atoms with Crippen molar-refractivity contribution in [3.05, 3.63) is 82.8 Å². The van der Waals surface area contributed by atoms with E-state index in [-0.39, 0.29) is 11.3 Å². The first kappa shape index (κ1) is 21.2. The number of ether oxygens (including phenoxy) is 1. The van der Waals surface area contributed by atoms with Gasteiger partial charge in [-0.15, -0.1) is 11.8 Å². The highest BCUT2D eigenvalue weighted by atomic mass is 32.2. The molecule has 32 heavy (non-hydrogen) atoms. The van der Waals surface area contributed by atoms with Gasteiger partial charge >= 0.3 is 0 Å².